The van der Waals surface area contributed by atoms with Crippen LogP contribution in [0.3, 0.4) is 0 Å². The molecule has 0 aliphatic carbocycles. The summed E-state index contributed by atoms with van der Waals surface area (Å²) in [5, 5.41) is 3.73. The highest BCUT2D eigenvalue weighted by molar-refractivity contribution is 7.89. The molecular weight excluding hydrogens is 342 g/mol. The molecule has 1 aromatic rings. The molecule has 1 saturated heterocycles. The van der Waals surface area contributed by atoms with Crippen molar-refractivity contribution in [2.24, 2.45) is 0 Å². The van der Waals surface area contributed by atoms with E-state index in [0.29, 0.717) is 42.7 Å². The zero-order chi connectivity index (χ0) is 17.9. The average molecular weight is 368 g/mol. The van der Waals surface area contributed by atoms with Gasteiger partial charge in [-0.2, -0.15) is 4.31 Å². The molecule has 0 bridgehead atoms. The first kappa shape index (κ1) is 18.9. The number of benzene rings is 1. The third-order valence-electron chi connectivity index (χ3n) is 4.13. The smallest absolute Gasteiger partial charge is 0.243 e. The molecule has 1 fully saturated rings. The van der Waals surface area contributed by atoms with Gasteiger partial charge < -0.3 is 10.2 Å². The summed E-state index contributed by atoms with van der Waals surface area (Å²) in [6, 6.07) is 3.84. The summed E-state index contributed by atoms with van der Waals surface area (Å²) in [7, 11) is -3.48. The summed E-state index contributed by atoms with van der Waals surface area (Å²) < 4.78 is 27.6. The molecule has 1 aromatic carbocycles. The normalized spacial score (nSPS) is 16.0. The van der Waals surface area contributed by atoms with Gasteiger partial charge in [0.15, 0.2) is 5.11 Å². The number of sulfonamides is 1. The fraction of sp³-hybridized carbons (Fsp3) is 0.471. The Balaban J connectivity index is 2.14. The van der Waals surface area contributed by atoms with E-state index in [4.69, 9.17) is 12.2 Å². The Hall–Kier alpha value is -1.44. The molecule has 0 unspecified atom stereocenters. The second-order valence-electron chi connectivity index (χ2n) is 6.09. The fourth-order valence-corrected chi connectivity index (χ4v) is 5.21. The molecule has 1 heterocycles. The highest BCUT2D eigenvalue weighted by Crippen LogP contribution is 2.26. The number of nitrogens with one attached hydrogen (secondary N) is 1. The van der Waals surface area contributed by atoms with Gasteiger partial charge in [0.05, 0.1) is 4.90 Å². The standard InChI is InChI=1S/C17H25N3O2S2/c1-5-6-18-17(23)19-7-9-20(10-8-19)24(21,22)16-14(3)11-13(2)12-15(16)4/h5,11-12H,1,6-10H2,2-4H3,(H,18,23). The van der Waals surface area contributed by atoms with Crippen molar-refractivity contribution in [3.05, 3.63) is 41.5 Å². The fourth-order valence-electron chi connectivity index (χ4n) is 3.11. The number of hydrogen-bond donors (Lipinski definition) is 1. The minimum absolute atomic E-state index is 0.436. The number of nitrogens with zero attached hydrogens (tertiary/aromatic N) is 2. The second kappa shape index (κ2) is 7.63. The zero-order valence-corrected chi connectivity index (χ0v) is 16.1. The molecule has 0 saturated carbocycles. The van der Waals surface area contributed by atoms with Crippen LogP contribution >= 0.6 is 12.2 Å². The van der Waals surface area contributed by atoms with Crippen LogP contribution in [0.4, 0.5) is 0 Å². The Morgan fingerprint density at radius 3 is 2.25 bits per heavy atom. The molecule has 0 aromatic heterocycles. The van der Waals surface area contributed by atoms with E-state index in [1.807, 2.05) is 37.8 Å². The minimum atomic E-state index is -3.48. The van der Waals surface area contributed by atoms with Gasteiger partial charge in [0.1, 0.15) is 0 Å². The Bertz CT molecular complexity index is 713. The molecule has 0 radical (unpaired) electrons. The number of hydrogen-bond acceptors (Lipinski definition) is 3. The van der Waals surface area contributed by atoms with Gasteiger partial charge in [-0.05, 0) is 44.1 Å². The van der Waals surface area contributed by atoms with E-state index in [-0.39, 0.29) is 0 Å². The molecule has 7 heteroatoms. The second-order valence-corrected chi connectivity index (χ2v) is 8.36. The maximum absolute atomic E-state index is 13.0. The van der Waals surface area contributed by atoms with Crippen molar-refractivity contribution in [3.8, 4) is 0 Å². The lowest BCUT2D eigenvalue weighted by atomic mass is 10.1. The van der Waals surface area contributed by atoms with E-state index in [9.17, 15) is 8.42 Å². The van der Waals surface area contributed by atoms with Crippen molar-refractivity contribution >= 4 is 27.4 Å². The summed E-state index contributed by atoms with van der Waals surface area (Å²) in [4.78, 5) is 2.44. The van der Waals surface area contributed by atoms with Crippen LogP contribution in [0.25, 0.3) is 0 Å². The largest absolute Gasteiger partial charge is 0.359 e. The SMILES string of the molecule is C=CCNC(=S)N1CCN(S(=O)(=O)c2c(C)cc(C)cc2C)CC1. The summed E-state index contributed by atoms with van der Waals surface area (Å²) in [6.07, 6.45) is 1.75. The van der Waals surface area contributed by atoms with Crippen molar-refractivity contribution in [1.82, 2.24) is 14.5 Å². The van der Waals surface area contributed by atoms with Gasteiger partial charge >= 0.3 is 0 Å². The molecule has 24 heavy (non-hydrogen) atoms. The van der Waals surface area contributed by atoms with Crippen molar-refractivity contribution < 1.29 is 8.42 Å². The van der Waals surface area contributed by atoms with E-state index in [0.717, 1.165) is 16.7 Å². The molecule has 132 valence electrons. The van der Waals surface area contributed by atoms with Gasteiger partial charge in [-0.1, -0.05) is 23.8 Å². The average Bonchev–Trinajstić information content (AvgIpc) is 2.51. The summed E-state index contributed by atoms with van der Waals surface area (Å²) in [5.74, 6) is 0. The maximum Gasteiger partial charge on any atom is 0.243 e. The summed E-state index contributed by atoms with van der Waals surface area (Å²) in [5.41, 5.74) is 2.68. The first-order valence-corrected chi connectivity index (χ1v) is 9.84. The van der Waals surface area contributed by atoms with Crippen molar-refractivity contribution in [2.75, 3.05) is 32.7 Å². The third kappa shape index (κ3) is 3.96. The van der Waals surface area contributed by atoms with E-state index >= 15 is 0 Å². The van der Waals surface area contributed by atoms with Crippen LogP contribution in [-0.4, -0.2) is 55.5 Å². The van der Waals surface area contributed by atoms with Crippen LogP contribution in [0.2, 0.25) is 0 Å². The monoisotopic (exact) mass is 367 g/mol. The molecule has 5 nitrogen and oxygen atoms in total. The van der Waals surface area contributed by atoms with Crippen LogP contribution in [0.1, 0.15) is 16.7 Å². The molecule has 0 amide bonds. The predicted octanol–water partition coefficient (Wildman–Crippen LogP) is 1.98. The number of rotatable bonds is 4. The highest BCUT2D eigenvalue weighted by Gasteiger charge is 2.31. The van der Waals surface area contributed by atoms with Crippen molar-refractivity contribution in [3.63, 3.8) is 0 Å². The molecule has 1 aliphatic rings. The maximum atomic E-state index is 13.0. The molecular formula is C17H25N3O2S2. The van der Waals surface area contributed by atoms with E-state index < -0.39 is 10.0 Å². The lowest BCUT2D eigenvalue weighted by molar-refractivity contribution is 0.264. The van der Waals surface area contributed by atoms with E-state index in [1.54, 1.807) is 10.4 Å². The van der Waals surface area contributed by atoms with Crippen LogP contribution in [0.15, 0.2) is 29.7 Å². The Kier molecular flexibility index (Phi) is 6.01. The van der Waals surface area contributed by atoms with Gasteiger partial charge in [0.2, 0.25) is 10.0 Å². The van der Waals surface area contributed by atoms with Gasteiger partial charge in [0.25, 0.3) is 0 Å². The van der Waals surface area contributed by atoms with E-state index in [2.05, 4.69) is 11.9 Å². The lowest BCUT2D eigenvalue weighted by Gasteiger charge is -2.35. The van der Waals surface area contributed by atoms with Crippen molar-refractivity contribution in [1.29, 1.82) is 0 Å². The molecule has 1 N–H and O–H groups in total. The Labute approximate surface area is 150 Å². The van der Waals surface area contributed by atoms with Crippen LogP contribution in [0, 0.1) is 20.8 Å². The molecule has 2 rings (SSSR count). The topological polar surface area (TPSA) is 52.6 Å². The Morgan fingerprint density at radius 2 is 1.75 bits per heavy atom. The van der Waals surface area contributed by atoms with E-state index in [1.165, 1.54) is 0 Å². The van der Waals surface area contributed by atoms with Gasteiger partial charge in [-0.25, -0.2) is 8.42 Å². The first-order chi connectivity index (χ1) is 11.3. The lowest BCUT2D eigenvalue weighted by Crippen LogP contribution is -2.53. The number of thiocarbonyl (C=S) groups is 1. The quantitative estimate of drug-likeness (QED) is 0.651. The van der Waals surface area contributed by atoms with Crippen LogP contribution < -0.4 is 5.32 Å². The Morgan fingerprint density at radius 1 is 1.21 bits per heavy atom. The van der Waals surface area contributed by atoms with Crippen LogP contribution in [-0.2, 0) is 10.0 Å². The van der Waals surface area contributed by atoms with Crippen LogP contribution in [0.5, 0.6) is 0 Å². The molecule has 0 spiro atoms. The van der Waals surface area contributed by atoms with Gasteiger partial charge in [-0.15, -0.1) is 6.58 Å². The summed E-state index contributed by atoms with van der Waals surface area (Å²) in [6.45, 7) is 12.0. The molecule has 1 aliphatic heterocycles. The zero-order valence-electron chi connectivity index (χ0n) is 14.5. The first-order valence-electron chi connectivity index (χ1n) is 7.99. The third-order valence-corrected chi connectivity index (χ3v) is 6.73. The highest BCUT2D eigenvalue weighted by atomic mass is 32.2. The predicted molar refractivity (Wildman–Crippen MR) is 102 cm³/mol. The number of piperazine rings is 1. The van der Waals surface area contributed by atoms with Gasteiger partial charge in [0, 0.05) is 32.7 Å². The minimum Gasteiger partial charge on any atom is -0.359 e. The number of aryl methyl sites for hydroxylation is 3. The molecule has 0 atom stereocenters. The van der Waals surface area contributed by atoms with Crippen molar-refractivity contribution in [2.45, 2.75) is 25.7 Å². The van der Waals surface area contributed by atoms with Gasteiger partial charge in [-0.3, -0.25) is 0 Å². The summed E-state index contributed by atoms with van der Waals surface area (Å²) >= 11 is 5.32.